The molecular formula is C14H21N3O2. The number of nitrogens with one attached hydrogen (secondary N) is 1. The van der Waals surface area contributed by atoms with Crippen LogP contribution in [-0.4, -0.2) is 35.7 Å². The Morgan fingerprint density at radius 3 is 3.05 bits per heavy atom. The van der Waals surface area contributed by atoms with Crippen molar-refractivity contribution in [2.45, 2.75) is 44.9 Å². The van der Waals surface area contributed by atoms with Gasteiger partial charge in [-0.1, -0.05) is 6.07 Å². The van der Waals surface area contributed by atoms with E-state index < -0.39 is 0 Å². The second-order valence-corrected chi connectivity index (χ2v) is 4.93. The van der Waals surface area contributed by atoms with Gasteiger partial charge < -0.3 is 15.8 Å². The topological polar surface area (TPSA) is 77.2 Å². The Morgan fingerprint density at radius 2 is 2.42 bits per heavy atom. The Hall–Kier alpha value is -1.46. The SMILES string of the molecule is CCOC1CC(N)C1NC(=O)Cc1ncccc1C. The average molecular weight is 263 g/mol. The molecule has 5 heteroatoms. The van der Waals surface area contributed by atoms with Crippen molar-refractivity contribution in [2.24, 2.45) is 5.73 Å². The highest BCUT2D eigenvalue weighted by atomic mass is 16.5. The van der Waals surface area contributed by atoms with Crippen molar-refractivity contribution >= 4 is 5.91 Å². The molecule has 1 amide bonds. The highest BCUT2D eigenvalue weighted by molar-refractivity contribution is 5.79. The highest BCUT2D eigenvalue weighted by Gasteiger charge is 2.40. The molecule has 2 rings (SSSR count). The second kappa shape index (κ2) is 6.12. The van der Waals surface area contributed by atoms with Gasteiger partial charge in [0.15, 0.2) is 0 Å². The van der Waals surface area contributed by atoms with Gasteiger partial charge in [0, 0.05) is 18.8 Å². The molecule has 0 aromatic carbocycles. The Labute approximate surface area is 113 Å². The van der Waals surface area contributed by atoms with E-state index in [0.717, 1.165) is 17.7 Å². The van der Waals surface area contributed by atoms with Crippen molar-refractivity contribution in [2.75, 3.05) is 6.61 Å². The monoisotopic (exact) mass is 263 g/mol. The summed E-state index contributed by atoms with van der Waals surface area (Å²) in [5.41, 5.74) is 7.74. The third-order valence-electron chi connectivity index (χ3n) is 3.52. The molecule has 1 heterocycles. The van der Waals surface area contributed by atoms with Gasteiger partial charge in [0.2, 0.25) is 5.91 Å². The molecule has 3 unspecified atom stereocenters. The number of aromatic nitrogens is 1. The van der Waals surface area contributed by atoms with Crippen molar-refractivity contribution in [3.63, 3.8) is 0 Å². The summed E-state index contributed by atoms with van der Waals surface area (Å²) in [6, 6.07) is 3.74. The van der Waals surface area contributed by atoms with Gasteiger partial charge in [-0.3, -0.25) is 9.78 Å². The van der Waals surface area contributed by atoms with Crippen LogP contribution in [0.2, 0.25) is 0 Å². The molecule has 1 fully saturated rings. The molecule has 3 N–H and O–H groups in total. The van der Waals surface area contributed by atoms with E-state index in [4.69, 9.17) is 10.5 Å². The predicted octanol–water partition coefficient (Wildman–Crippen LogP) is 0.553. The lowest BCUT2D eigenvalue weighted by molar-refractivity contribution is -0.125. The van der Waals surface area contributed by atoms with Crippen LogP contribution < -0.4 is 11.1 Å². The average Bonchev–Trinajstić information content (AvgIpc) is 2.39. The molecule has 19 heavy (non-hydrogen) atoms. The number of amides is 1. The third-order valence-corrected chi connectivity index (χ3v) is 3.52. The van der Waals surface area contributed by atoms with Gasteiger partial charge in [-0.2, -0.15) is 0 Å². The lowest BCUT2D eigenvalue weighted by Gasteiger charge is -2.42. The molecule has 1 aromatic rings. The van der Waals surface area contributed by atoms with Crippen LogP contribution in [-0.2, 0) is 16.0 Å². The molecule has 0 spiro atoms. The van der Waals surface area contributed by atoms with Crippen LogP contribution in [0.4, 0.5) is 0 Å². The number of pyridine rings is 1. The number of carbonyl (C=O) groups is 1. The smallest absolute Gasteiger partial charge is 0.226 e. The molecule has 104 valence electrons. The molecule has 0 saturated heterocycles. The van der Waals surface area contributed by atoms with E-state index in [1.807, 2.05) is 26.0 Å². The van der Waals surface area contributed by atoms with Crippen molar-refractivity contribution in [3.8, 4) is 0 Å². The van der Waals surface area contributed by atoms with Crippen molar-refractivity contribution < 1.29 is 9.53 Å². The van der Waals surface area contributed by atoms with Crippen LogP contribution in [0.15, 0.2) is 18.3 Å². The van der Waals surface area contributed by atoms with Crippen LogP contribution in [0.5, 0.6) is 0 Å². The Morgan fingerprint density at radius 1 is 1.63 bits per heavy atom. The molecule has 3 atom stereocenters. The first-order chi connectivity index (χ1) is 9.11. The van der Waals surface area contributed by atoms with Gasteiger partial charge >= 0.3 is 0 Å². The first-order valence-electron chi connectivity index (χ1n) is 6.69. The summed E-state index contributed by atoms with van der Waals surface area (Å²) >= 11 is 0. The molecule has 1 aliphatic rings. The zero-order valence-electron chi connectivity index (χ0n) is 11.4. The molecule has 0 aliphatic heterocycles. The number of aryl methyl sites for hydroxylation is 1. The van der Waals surface area contributed by atoms with E-state index in [0.29, 0.717) is 6.61 Å². The minimum absolute atomic E-state index is 0.00895. The molecular weight excluding hydrogens is 242 g/mol. The van der Waals surface area contributed by atoms with E-state index >= 15 is 0 Å². The predicted molar refractivity (Wildman–Crippen MR) is 72.6 cm³/mol. The van der Waals surface area contributed by atoms with Crippen LogP contribution >= 0.6 is 0 Å². The second-order valence-electron chi connectivity index (χ2n) is 4.93. The van der Waals surface area contributed by atoms with Gasteiger partial charge in [-0.05, 0) is 31.9 Å². The summed E-state index contributed by atoms with van der Waals surface area (Å²) in [7, 11) is 0. The van der Waals surface area contributed by atoms with Crippen LogP contribution in [0.25, 0.3) is 0 Å². The summed E-state index contributed by atoms with van der Waals surface area (Å²) in [5, 5.41) is 2.95. The summed E-state index contributed by atoms with van der Waals surface area (Å²) < 4.78 is 5.53. The van der Waals surface area contributed by atoms with Gasteiger partial charge in [-0.25, -0.2) is 0 Å². The number of carbonyl (C=O) groups excluding carboxylic acids is 1. The molecule has 1 saturated carbocycles. The maximum absolute atomic E-state index is 12.0. The lowest BCUT2D eigenvalue weighted by Crippen LogP contribution is -2.65. The standard InChI is InChI=1S/C14H21N3O2/c1-3-19-12-7-10(15)14(12)17-13(18)8-11-9(2)5-4-6-16-11/h4-6,10,12,14H,3,7-8,15H2,1-2H3,(H,17,18). The summed E-state index contributed by atoms with van der Waals surface area (Å²) in [6.45, 7) is 4.54. The highest BCUT2D eigenvalue weighted by Crippen LogP contribution is 2.22. The zero-order chi connectivity index (χ0) is 13.8. The Balaban J connectivity index is 1.89. The van der Waals surface area contributed by atoms with E-state index in [1.165, 1.54) is 0 Å². The van der Waals surface area contributed by atoms with Crippen molar-refractivity contribution in [1.82, 2.24) is 10.3 Å². The fourth-order valence-corrected chi connectivity index (χ4v) is 2.32. The summed E-state index contributed by atoms with van der Waals surface area (Å²) in [4.78, 5) is 16.2. The van der Waals surface area contributed by atoms with E-state index in [1.54, 1.807) is 6.20 Å². The first-order valence-corrected chi connectivity index (χ1v) is 6.69. The molecule has 0 radical (unpaired) electrons. The third kappa shape index (κ3) is 3.30. The quantitative estimate of drug-likeness (QED) is 0.813. The maximum atomic E-state index is 12.0. The Bertz CT molecular complexity index is 448. The first kappa shape index (κ1) is 14.0. The van der Waals surface area contributed by atoms with Gasteiger partial charge in [0.25, 0.3) is 0 Å². The van der Waals surface area contributed by atoms with Gasteiger partial charge in [-0.15, -0.1) is 0 Å². The fourth-order valence-electron chi connectivity index (χ4n) is 2.32. The fraction of sp³-hybridized carbons (Fsp3) is 0.571. The van der Waals surface area contributed by atoms with Crippen molar-refractivity contribution in [3.05, 3.63) is 29.6 Å². The molecule has 1 aromatic heterocycles. The van der Waals surface area contributed by atoms with E-state index in [2.05, 4.69) is 10.3 Å². The number of nitrogens with two attached hydrogens (primary N) is 1. The van der Waals surface area contributed by atoms with Crippen molar-refractivity contribution in [1.29, 1.82) is 0 Å². The lowest BCUT2D eigenvalue weighted by atomic mass is 9.83. The number of hydrogen-bond acceptors (Lipinski definition) is 4. The normalized spacial score (nSPS) is 25.7. The van der Waals surface area contributed by atoms with E-state index in [-0.39, 0.29) is 30.5 Å². The van der Waals surface area contributed by atoms with Crippen LogP contribution in [0, 0.1) is 6.92 Å². The number of rotatable bonds is 5. The zero-order valence-corrected chi connectivity index (χ0v) is 11.4. The van der Waals surface area contributed by atoms with Crippen LogP contribution in [0.1, 0.15) is 24.6 Å². The van der Waals surface area contributed by atoms with Crippen LogP contribution in [0.3, 0.4) is 0 Å². The Kier molecular flexibility index (Phi) is 4.50. The number of ether oxygens (including phenoxy) is 1. The van der Waals surface area contributed by atoms with Gasteiger partial charge in [0.05, 0.1) is 24.3 Å². The summed E-state index contributed by atoms with van der Waals surface area (Å²) in [5.74, 6) is -0.0494. The summed E-state index contributed by atoms with van der Waals surface area (Å²) in [6.07, 6.45) is 2.85. The number of nitrogens with zero attached hydrogens (tertiary/aromatic N) is 1. The minimum atomic E-state index is -0.0727. The maximum Gasteiger partial charge on any atom is 0.226 e. The molecule has 0 bridgehead atoms. The number of hydrogen-bond donors (Lipinski definition) is 2. The van der Waals surface area contributed by atoms with Gasteiger partial charge in [0.1, 0.15) is 0 Å². The molecule has 1 aliphatic carbocycles. The minimum Gasteiger partial charge on any atom is -0.376 e. The largest absolute Gasteiger partial charge is 0.376 e. The molecule has 5 nitrogen and oxygen atoms in total. The van der Waals surface area contributed by atoms with E-state index in [9.17, 15) is 4.79 Å².